The Morgan fingerprint density at radius 2 is 1.79 bits per heavy atom. The summed E-state index contributed by atoms with van der Waals surface area (Å²) < 4.78 is 10.8. The molecule has 2 aromatic carbocycles. The molecule has 2 aromatic rings. The summed E-state index contributed by atoms with van der Waals surface area (Å²) >= 11 is 0. The molecule has 24 heavy (non-hydrogen) atoms. The van der Waals surface area contributed by atoms with Gasteiger partial charge in [-0.1, -0.05) is 42.5 Å². The number of hydrogen-bond donors (Lipinski definition) is 2. The molecule has 1 amide bonds. The van der Waals surface area contributed by atoms with Crippen molar-refractivity contribution in [1.29, 1.82) is 0 Å². The van der Waals surface area contributed by atoms with Crippen LogP contribution in [0.4, 0.5) is 5.69 Å². The van der Waals surface area contributed by atoms with Crippen molar-refractivity contribution in [2.24, 2.45) is 0 Å². The second-order valence-electron chi connectivity index (χ2n) is 5.32. The number of nitrogens with one attached hydrogen (secondary N) is 2. The molecule has 0 spiro atoms. The Bertz CT molecular complexity index is 617. The van der Waals surface area contributed by atoms with E-state index in [1.807, 2.05) is 54.6 Å². The number of methoxy groups -OCH3 is 1. The van der Waals surface area contributed by atoms with Crippen molar-refractivity contribution in [3.63, 3.8) is 0 Å². The Morgan fingerprint density at radius 3 is 2.58 bits per heavy atom. The van der Waals surface area contributed by atoms with E-state index in [1.165, 1.54) is 0 Å². The maximum atomic E-state index is 11.8. The third-order valence-corrected chi connectivity index (χ3v) is 3.41. The minimum Gasteiger partial charge on any atom is -0.487 e. The molecule has 0 fully saturated rings. The number of carbonyl (C=O) groups is 1. The number of carbonyl (C=O) groups excluding carboxylic acids is 1. The SMILES string of the molecule is COCCCNC(=O)CNc1ccccc1OCc1ccccc1. The van der Waals surface area contributed by atoms with E-state index < -0.39 is 0 Å². The lowest BCUT2D eigenvalue weighted by atomic mass is 10.2. The van der Waals surface area contributed by atoms with Gasteiger partial charge in [-0.2, -0.15) is 0 Å². The van der Waals surface area contributed by atoms with Crippen LogP contribution in [0.1, 0.15) is 12.0 Å². The van der Waals surface area contributed by atoms with E-state index in [9.17, 15) is 4.79 Å². The summed E-state index contributed by atoms with van der Waals surface area (Å²) in [6, 6.07) is 17.6. The van der Waals surface area contributed by atoms with Crippen molar-refractivity contribution < 1.29 is 14.3 Å². The summed E-state index contributed by atoms with van der Waals surface area (Å²) in [4.78, 5) is 11.8. The van der Waals surface area contributed by atoms with E-state index in [0.29, 0.717) is 19.8 Å². The third kappa shape index (κ3) is 6.30. The summed E-state index contributed by atoms with van der Waals surface area (Å²) in [6.07, 6.45) is 0.805. The zero-order valence-electron chi connectivity index (χ0n) is 14.0. The molecule has 5 nitrogen and oxygen atoms in total. The Labute approximate surface area is 143 Å². The van der Waals surface area contributed by atoms with E-state index in [1.54, 1.807) is 7.11 Å². The van der Waals surface area contributed by atoms with Crippen LogP contribution in [-0.4, -0.2) is 32.7 Å². The van der Waals surface area contributed by atoms with Crippen LogP contribution in [0.2, 0.25) is 0 Å². The third-order valence-electron chi connectivity index (χ3n) is 3.41. The Kier molecular flexibility index (Phi) is 7.63. The van der Waals surface area contributed by atoms with Crippen LogP contribution < -0.4 is 15.4 Å². The van der Waals surface area contributed by atoms with Gasteiger partial charge >= 0.3 is 0 Å². The van der Waals surface area contributed by atoms with Gasteiger partial charge in [0.2, 0.25) is 5.91 Å². The minimum absolute atomic E-state index is 0.0519. The van der Waals surface area contributed by atoms with Gasteiger partial charge in [-0.15, -0.1) is 0 Å². The summed E-state index contributed by atoms with van der Waals surface area (Å²) in [7, 11) is 1.65. The van der Waals surface area contributed by atoms with E-state index in [4.69, 9.17) is 9.47 Å². The first-order valence-electron chi connectivity index (χ1n) is 8.05. The highest BCUT2D eigenvalue weighted by molar-refractivity contribution is 5.81. The second kappa shape index (κ2) is 10.3. The number of amides is 1. The van der Waals surface area contributed by atoms with Crippen molar-refractivity contribution in [2.45, 2.75) is 13.0 Å². The number of ether oxygens (including phenoxy) is 2. The minimum atomic E-state index is -0.0519. The molecule has 0 saturated heterocycles. The number of benzene rings is 2. The van der Waals surface area contributed by atoms with Gasteiger partial charge in [0, 0.05) is 20.3 Å². The molecule has 0 heterocycles. The summed E-state index contributed by atoms with van der Waals surface area (Å²) in [6.45, 7) is 1.95. The highest BCUT2D eigenvalue weighted by Gasteiger charge is 2.05. The molecular weight excluding hydrogens is 304 g/mol. The molecule has 0 aliphatic heterocycles. The number of rotatable bonds is 10. The van der Waals surface area contributed by atoms with Gasteiger partial charge in [-0.25, -0.2) is 0 Å². The molecule has 2 rings (SSSR count). The van der Waals surface area contributed by atoms with Gasteiger partial charge in [-0.05, 0) is 24.1 Å². The van der Waals surface area contributed by atoms with E-state index in [-0.39, 0.29) is 12.5 Å². The lowest BCUT2D eigenvalue weighted by Crippen LogP contribution is -2.31. The summed E-state index contributed by atoms with van der Waals surface area (Å²) in [5.74, 6) is 0.678. The average Bonchev–Trinajstić information content (AvgIpc) is 2.63. The maximum absolute atomic E-state index is 11.8. The lowest BCUT2D eigenvalue weighted by molar-refractivity contribution is -0.119. The first-order chi connectivity index (χ1) is 11.8. The zero-order valence-corrected chi connectivity index (χ0v) is 14.0. The van der Waals surface area contributed by atoms with Crippen LogP contribution >= 0.6 is 0 Å². The highest BCUT2D eigenvalue weighted by Crippen LogP contribution is 2.24. The topological polar surface area (TPSA) is 59.6 Å². The molecule has 5 heteroatoms. The fourth-order valence-corrected chi connectivity index (χ4v) is 2.16. The van der Waals surface area contributed by atoms with E-state index in [2.05, 4.69) is 10.6 Å². The van der Waals surface area contributed by atoms with Crippen molar-refractivity contribution in [2.75, 3.05) is 32.1 Å². The number of para-hydroxylation sites is 2. The van der Waals surface area contributed by atoms with Crippen LogP contribution in [0.25, 0.3) is 0 Å². The van der Waals surface area contributed by atoms with Gasteiger partial charge in [0.25, 0.3) is 0 Å². The van der Waals surface area contributed by atoms with Crippen molar-refractivity contribution >= 4 is 11.6 Å². The van der Waals surface area contributed by atoms with Gasteiger partial charge in [0.05, 0.1) is 12.2 Å². The van der Waals surface area contributed by atoms with Gasteiger partial charge in [0.15, 0.2) is 0 Å². The van der Waals surface area contributed by atoms with E-state index in [0.717, 1.165) is 23.4 Å². The quantitative estimate of drug-likeness (QED) is 0.659. The maximum Gasteiger partial charge on any atom is 0.239 e. The van der Waals surface area contributed by atoms with Gasteiger partial charge < -0.3 is 20.1 Å². The molecule has 0 bridgehead atoms. The normalized spacial score (nSPS) is 10.2. The number of hydrogen-bond acceptors (Lipinski definition) is 4. The molecule has 0 unspecified atom stereocenters. The van der Waals surface area contributed by atoms with Crippen LogP contribution in [0.3, 0.4) is 0 Å². The fourth-order valence-electron chi connectivity index (χ4n) is 2.16. The summed E-state index contributed by atoms with van der Waals surface area (Å²) in [5, 5.41) is 5.96. The van der Waals surface area contributed by atoms with Gasteiger partial charge in [-0.3, -0.25) is 4.79 Å². The van der Waals surface area contributed by atoms with Crippen LogP contribution in [0, 0.1) is 0 Å². The second-order valence-corrected chi connectivity index (χ2v) is 5.32. The van der Waals surface area contributed by atoms with Crippen molar-refractivity contribution in [3.05, 3.63) is 60.2 Å². The molecule has 0 aliphatic rings. The average molecular weight is 328 g/mol. The molecule has 0 aromatic heterocycles. The standard InChI is InChI=1S/C19H24N2O3/c1-23-13-7-12-20-19(22)14-21-17-10-5-6-11-18(17)24-15-16-8-3-2-4-9-16/h2-6,8-11,21H,7,12-15H2,1H3,(H,20,22). The Hall–Kier alpha value is -2.53. The first-order valence-corrected chi connectivity index (χ1v) is 8.05. The van der Waals surface area contributed by atoms with E-state index >= 15 is 0 Å². The fraction of sp³-hybridized carbons (Fsp3) is 0.316. The molecule has 2 N–H and O–H groups in total. The van der Waals surface area contributed by atoms with Crippen molar-refractivity contribution in [1.82, 2.24) is 5.32 Å². The zero-order chi connectivity index (χ0) is 17.0. The molecule has 0 radical (unpaired) electrons. The lowest BCUT2D eigenvalue weighted by Gasteiger charge is -2.13. The molecular formula is C19H24N2O3. The largest absolute Gasteiger partial charge is 0.487 e. The van der Waals surface area contributed by atoms with Crippen molar-refractivity contribution in [3.8, 4) is 5.75 Å². The molecule has 0 saturated carbocycles. The van der Waals surface area contributed by atoms with Crippen LogP contribution in [0.5, 0.6) is 5.75 Å². The molecule has 0 aliphatic carbocycles. The predicted octanol–water partition coefficient (Wildman–Crippen LogP) is 2.83. The summed E-state index contributed by atoms with van der Waals surface area (Å²) in [5.41, 5.74) is 1.91. The monoisotopic (exact) mass is 328 g/mol. The molecule has 128 valence electrons. The van der Waals surface area contributed by atoms with Crippen LogP contribution in [0.15, 0.2) is 54.6 Å². The van der Waals surface area contributed by atoms with Gasteiger partial charge in [0.1, 0.15) is 12.4 Å². The first kappa shape index (κ1) is 17.8. The highest BCUT2D eigenvalue weighted by atomic mass is 16.5. The predicted molar refractivity (Wildman–Crippen MR) is 95.2 cm³/mol. The number of anilines is 1. The van der Waals surface area contributed by atoms with Crippen LogP contribution in [-0.2, 0) is 16.1 Å². The Morgan fingerprint density at radius 1 is 1.04 bits per heavy atom. The smallest absolute Gasteiger partial charge is 0.239 e. The Balaban J connectivity index is 1.81. The molecule has 0 atom stereocenters.